The molecule has 0 aromatic carbocycles. The van der Waals surface area contributed by atoms with Gasteiger partial charge in [-0.3, -0.25) is 0 Å². The van der Waals surface area contributed by atoms with E-state index in [9.17, 15) is 0 Å². The number of rotatable bonds is 8. The van der Waals surface area contributed by atoms with E-state index in [0.29, 0.717) is 18.0 Å². The Labute approximate surface area is 113 Å². The Morgan fingerprint density at radius 2 is 2.06 bits per heavy atom. The predicted molar refractivity (Wildman–Crippen MR) is 77.9 cm³/mol. The van der Waals surface area contributed by atoms with Gasteiger partial charge in [-0.25, -0.2) is 0 Å². The van der Waals surface area contributed by atoms with E-state index in [-0.39, 0.29) is 0 Å². The molecule has 0 saturated carbocycles. The summed E-state index contributed by atoms with van der Waals surface area (Å²) in [5, 5.41) is 3.64. The minimum Gasteiger partial charge on any atom is -0.381 e. The van der Waals surface area contributed by atoms with Gasteiger partial charge < -0.3 is 15.0 Å². The number of ether oxygens (including phenoxy) is 1. The van der Waals surface area contributed by atoms with Gasteiger partial charge in [0.2, 0.25) is 0 Å². The summed E-state index contributed by atoms with van der Waals surface area (Å²) >= 11 is 0. The summed E-state index contributed by atoms with van der Waals surface area (Å²) in [4.78, 5) is 2.51. The van der Waals surface area contributed by atoms with Gasteiger partial charge in [-0.2, -0.15) is 0 Å². The summed E-state index contributed by atoms with van der Waals surface area (Å²) in [6.07, 6.45) is 2.49. The lowest BCUT2D eigenvalue weighted by molar-refractivity contribution is 0.153. The second-order valence-corrected chi connectivity index (χ2v) is 6.21. The fraction of sp³-hybridized carbons (Fsp3) is 1.00. The van der Waals surface area contributed by atoms with Crippen LogP contribution in [0.5, 0.6) is 0 Å². The number of likely N-dealkylation sites (N-methyl/N-ethyl adjacent to an activating group) is 2. The lowest BCUT2D eigenvalue weighted by Crippen LogP contribution is -2.47. The molecule has 1 aliphatic heterocycles. The summed E-state index contributed by atoms with van der Waals surface area (Å²) in [7, 11) is 2.26. The molecule has 0 bridgehead atoms. The van der Waals surface area contributed by atoms with Crippen molar-refractivity contribution in [2.24, 2.45) is 11.8 Å². The van der Waals surface area contributed by atoms with Crippen LogP contribution in [0.2, 0.25) is 0 Å². The first-order chi connectivity index (χ1) is 8.54. The van der Waals surface area contributed by atoms with Gasteiger partial charge in [0.05, 0.1) is 6.61 Å². The molecule has 0 aromatic rings. The van der Waals surface area contributed by atoms with Crippen molar-refractivity contribution in [2.45, 2.75) is 52.6 Å². The van der Waals surface area contributed by atoms with Crippen LogP contribution in [0, 0.1) is 11.8 Å². The van der Waals surface area contributed by atoms with Crippen LogP contribution in [-0.2, 0) is 4.74 Å². The van der Waals surface area contributed by atoms with Gasteiger partial charge in [-0.1, -0.05) is 20.8 Å². The highest BCUT2D eigenvalue weighted by Crippen LogP contribution is 2.19. The minimum absolute atomic E-state index is 0.581. The van der Waals surface area contributed by atoms with Crippen molar-refractivity contribution in [3.05, 3.63) is 0 Å². The third kappa shape index (κ3) is 5.25. The van der Waals surface area contributed by atoms with Crippen molar-refractivity contribution in [3.63, 3.8) is 0 Å². The van der Waals surface area contributed by atoms with Gasteiger partial charge in [-0.05, 0) is 39.3 Å². The van der Waals surface area contributed by atoms with Crippen LogP contribution in [0.15, 0.2) is 0 Å². The zero-order valence-electron chi connectivity index (χ0n) is 12.9. The smallest absolute Gasteiger partial charge is 0.0510 e. The van der Waals surface area contributed by atoms with E-state index >= 15 is 0 Å². The maximum absolute atomic E-state index is 5.53. The third-order valence-corrected chi connectivity index (χ3v) is 4.05. The van der Waals surface area contributed by atoms with Gasteiger partial charge in [0, 0.05) is 31.2 Å². The first-order valence-corrected chi connectivity index (χ1v) is 7.55. The van der Waals surface area contributed by atoms with Gasteiger partial charge in [0.1, 0.15) is 0 Å². The van der Waals surface area contributed by atoms with E-state index in [4.69, 9.17) is 4.74 Å². The van der Waals surface area contributed by atoms with Gasteiger partial charge in [-0.15, -0.1) is 0 Å². The molecule has 0 aromatic heterocycles. The molecule has 3 unspecified atom stereocenters. The van der Waals surface area contributed by atoms with Gasteiger partial charge in [0.25, 0.3) is 0 Å². The minimum atomic E-state index is 0.581. The van der Waals surface area contributed by atoms with Crippen LogP contribution in [0.4, 0.5) is 0 Å². The summed E-state index contributed by atoms with van der Waals surface area (Å²) in [6, 6.07) is 1.24. The van der Waals surface area contributed by atoms with Gasteiger partial charge >= 0.3 is 0 Å². The Bertz CT molecular complexity index is 215. The van der Waals surface area contributed by atoms with Crippen molar-refractivity contribution in [2.75, 3.05) is 33.4 Å². The number of nitrogens with one attached hydrogen (secondary N) is 1. The zero-order valence-corrected chi connectivity index (χ0v) is 12.9. The molecule has 0 spiro atoms. The second-order valence-electron chi connectivity index (χ2n) is 6.21. The zero-order chi connectivity index (χ0) is 13.5. The highest BCUT2D eigenvalue weighted by atomic mass is 16.5. The maximum atomic E-state index is 5.53. The lowest BCUT2D eigenvalue weighted by atomic mass is 9.97. The fourth-order valence-electron chi connectivity index (χ4n) is 2.86. The highest BCUT2D eigenvalue weighted by Gasteiger charge is 2.27. The van der Waals surface area contributed by atoms with E-state index < -0.39 is 0 Å². The van der Waals surface area contributed by atoms with Crippen LogP contribution < -0.4 is 5.32 Å². The molecule has 1 N–H and O–H groups in total. The summed E-state index contributed by atoms with van der Waals surface area (Å²) < 4.78 is 5.53. The SMILES string of the molecule is CCNC(CN(C)C(C)CC(C)C)C1CCOC1. The van der Waals surface area contributed by atoms with Crippen LogP contribution in [-0.4, -0.2) is 50.3 Å². The molecule has 1 saturated heterocycles. The average Bonchev–Trinajstić information content (AvgIpc) is 2.80. The topological polar surface area (TPSA) is 24.5 Å². The molecule has 0 aliphatic carbocycles. The summed E-state index contributed by atoms with van der Waals surface area (Å²) in [6.45, 7) is 13.2. The van der Waals surface area contributed by atoms with Crippen molar-refractivity contribution in [1.82, 2.24) is 10.2 Å². The molecule has 1 heterocycles. The molecule has 3 nitrogen and oxygen atoms in total. The first kappa shape index (κ1) is 15.9. The molecular formula is C15H32N2O. The van der Waals surface area contributed by atoms with E-state index in [0.717, 1.165) is 32.2 Å². The monoisotopic (exact) mass is 256 g/mol. The van der Waals surface area contributed by atoms with Crippen molar-refractivity contribution >= 4 is 0 Å². The van der Waals surface area contributed by atoms with E-state index in [2.05, 4.69) is 45.0 Å². The molecular weight excluding hydrogens is 224 g/mol. The Kier molecular flexibility index (Phi) is 7.20. The predicted octanol–water partition coefficient (Wildman–Crippen LogP) is 2.37. The van der Waals surface area contributed by atoms with Crippen molar-refractivity contribution in [1.29, 1.82) is 0 Å². The largest absolute Gasteiger partial charge is 0.381 e. The standard InChI is InChI=1S/C15H32N2O/c1-6-16-15(14-7-8-18-11-14)10-17(5)13(4)9-12(2)3/h12-16H,6-11H2,1-5H3. The Morgan fingerprint density at radius 1 is 1.33 bits per heavy atom. The fourth-order valence-corrected chi connectivity index (χ4v) is 2.86. The van der Waals surface area contributed by atoms with Crippen LogP contribution in [0.3, 0.4) is 0 Å². The number of hydrogen-bond donors (Lipinski definition) is 1. The molecule has 0 amide bonds. The van der Waals surface area contributed by atoms with Crippen LogP contribution >= 0.6 is 0 Å². The lowest BCUT2D eigenvalue weighted by Gasteiger charge is -2.32. The normalized spacial score (nSPS) is 23.8. The summed E-state index contributed by atoms with van der Waals surface area (Å²) in [5.41, 5.74) is 0. The Balaban J connectivity index is 2.43. The maximum Gasteiger partial charge on any atom is 0.0510 e. The molecule has 1 fully saturated rings. The molecule has 108 valence electrons. The van der Waals surface area contributed by atoms with Crippen LogP contribution in [0.25, 0.3) is 0 Å². The Hall–Kier alpha value is -0.120. The van der Waals surface area contributed by atoms with Crippen molar-refractivity contribution < 1.29 is 4.74 Å². The first-order valence-electron chi connectivity index (χ1n) is 7.55. The molecule has 3 heteroatoms. The van der Waals surface area contributed by atoms with E-state index in [1.54, 1.807) is 0 Å². The quantitative estimate of drug-likeness (QED) is 0.721. The summed E-state index contributed by atoms with van der Waals surface area (Å²) in [5.74, 6) is 1.47. The van der Waals surface area contributed by atoms with Gasteiger partial charge in [0.15, 0.2) is 0 Å². The molecule has 3 atom stereocenters. The number of hydrogen-bond acceptors (Lipinski definition) is 3. The van der Waals surface area contributed by atoms with E-state index in [1.165, 1.54) is 12.8 Å². The molecule has 0 radical (unpaired) electrons. The third-order valence-electron chi connectivity index (χ3n) is 4.05. The number of nitrogens with zero attached hydrogens (tertiary/aromatic N) is 1. The molecule has 18 heavy (non-hydrogen) atoms. The molecule has 1 aliphatic rings. The van der Waals surface area contributed by atoms with Crippen LogP contribution in [0.1, 0.15) is 40.5 Å². The average molecular weight is 256 g/mol. The van der Waals surface area contributed by atoms with Crippen molar-refractivity contribution in [3.8, 4) is 0 Å². The molecule has 1 rings (SSSR count). The highest BCUT2D eigenvalue weighted by molar-refractivity contribution is 4.82. The Morgan fingerprint density at radius 3 is 2.56 bits per heavy atom. The second kappa shape index (κ2) is 8.13. The van der Waals surface area contributed by atoms with E-state index in [1.807, 2.05) is 0 Å².